The summed E-state index contributed by atoms with van der Waals surface area (Å²) in [6, 6.07) is 5.56. The molecule has 0 bridgehead atoms. The zero-order valence-electron chi connectivity index (χ0n) is 21.0. The van der Waals surface area contributed by atoms with E-state index in [1.807, 2.05) is 32.0 Å². The molecule has 0 amide bonds. The summed E-state index contributed by atoms with van der Waals surface area (Å²) in [7, 11) is 1.57. The molecule has 0 aromatic carbocycles. The molecule has 0 aliphatic rings. The molecule has 9 heteroatoms. The lowest BCUT2D eigenvalue weighted by Crippen LogP contribution is -2.30. The number of pyridine rings is 1. The van der Waals surface area contributed by atoms with Crippen molar-refractivity contribution in [3.8, 4) is 0 Å². The van der Waals surface area contributed by atoms with Gasteiger partial charge in [-0.15, -0.1) is 0 Å². The summed E-state index contributed by atoms with van der Waals surface area (Å²) < 4.78 is 11.0. The average molecular weight is 493 g/mol. The second-order valence-corrected chi connectivity index (χ2v) is 9.60. The van der Waals surface area contributed by atoms with E-state index in [1.54, 1.807) is 13.3 Å². The fourth-order valence-corrected chi connectivity index (χ4v) is 4.87. The zero-order valence-corrected chi connectivity index (χ0v) is 21.8. The molecule has 1 aromatic heterocycles. The molecular weight excluding hydrogens is 452 g/mol. The Morgan fingerprint density at radius 3 is 2.59 bits per heavy atom. The van der Waals surface area contributed by atoms with Crippen LogP contribution in [0.2, 0.25) is 0 Å². The van der Waals surface area contributed by atoms with Gasteiger partial charge in [0.15, 0.2) is 5.12 Å². The summed E-state index contributed by atoms with van der Waals surface area (Å²) in [5.41, 5.74) is 8.46. The van der Waals surface area contributed by atoms with Gasteiger partial charge in [-0.1, -0.05) is 44.8 Å². The first-order valence-corrected chi connectivity index (χ1v) is 13.0. The smallest absolute Gasteiger partial charge is 0.198 e. The van der Waals surface area contributed by atoms with E-state index in [0.717, 1.165) is 50.0 Å². The van der Waals surface area contributed by atoms with Gasteiger partial charge in [0, 0.05) is 43.0 Å². The minimum Gasteiger partial charge on any atom is -0.359 e. The second-order valence-electron chi connectivity index (χ2n) is 8.57. The third-order valence-electron chi connectivity index (χ3n) is 6.16. The molecule has 0 N–H and O–H groups in total. The minimum atomic E-state index is -0.217. The van der Waals surface area contributed by atoms with Crippen molar-refractivity contribution in [3.63, 3.8) is 0 Å². The van der Waals surface area contributed by atoms with Crippen LogP contribution < -0.4 is 0 Å². The Bertz CT molecular complexity index is 759. The third kappa shape index (κ3) is 12.0. The number of carbonyl (C=O) groups is 2. The van der Waals surface area contributed by atoms with E-state index in [1.165, 1.54) is 11.8 Å². The molecule has 0 saturated carbocycles. The Morgan fingerprint density at radius 2 is 1.97 bits per heavy atom. The first-order chi connectivity index (χ1) is 16.5. The lowest BCUT2D eigenvalue weighted by Gasteiger charge is -2.27. The van der Waals surface area contributed by atoms with Gasteiger partial charge in [-0.2, -0.15) is 0 Å². The van der Waals surface area contributed by atoms with Crippen molar-refractivity contribution in [1.29, 1.82) is 0 Å². The van der Waals surface area contributed by atoms with Crippen LogP contribution in [0.4, 0.5) is 0 Å². The number of hydrogen-bond donors (Lipinski definition) is 0. The van der Waals surface area contributed by atoms with Crippen molar-refractivity contribution in [2.75, 3.05) is 20.4 Å². The molecule has 8 nitrogen and oxygen atoms in total. The SMILES string of the molecule is CC[C@H](CCC[C@H](C)C(=O)C[C@@H](OCOC)[C@H](CC)CCCN=[N+]=[N-])C(=O)Sc1ccccn1. The molecule has 1 aromatic rings. The van der Waals surface area contributed by atoms with Gasteiger partial charge in [0.1, 0.15) is 17.6 Å². The molecule has 0 aliphatic heterocycles. The highest BCUT2D eigenvalue weighted by Gasteiger charge is 2.26. The van der Waals surface area contributed by atoms with Gasteiger partial charge in [0.2, 0.25) is 0 Å². The summed E-state index contributed by atoms with van der Waals surface area (Å²) in [4.78, 5) is 32.6. The number of rotatable bonds is 19. The monoisotopic (exact) mass is 492 g/mol. The standard InChI is InChI=1S/C25H40N4O4S/c1-5-20(13-10-16-28-29-26)23(33-18-32-4)17-22(30)19(3)11-9-12-21(6-2)25(31)34-24-14-7-8-15-27-24/h7-8,14-15,19-21,23H,5-6,9-13,16-18H2,1-4H3/t19-,20+,21+,23+/m0/s1. The van der Waals surface area contributed by atoms with Crippen LogP contribution in [0, 0.1) is 17.8 Å². The molecule has 0 spiro atoms. The maximum atomic E-state index is 13.0. The third-order valence-corrected chi connectivity index (χ3v) is 7.14. The first-order valence-electron chi connectivity index (χ1n) is 12.2. The maximum Gasteiger partial charge on any atom is 0.198 e. The van der Waals surface area contributed by atoms with E-state index in [9.17, 15) is 9.59 Å². The molecule has 0 aliphatic carbocycles. The average Bonchev–Trinajstić information content (AvgIpc) is 2.85. The number of thioether (sulfide) groups is 1. The molecule has 190 valence electrons. The number of nitrogens with zero attached hydrogens (tertiary/aromatic N) is 4. The summed E-state index contributed by atoms with van der Waals surface area (Å²) in [6.07, 6.45) is 7.42. The van der Waals surface area contributed by atoms with Gasteiger partial charge in [0.05, 0.1) is 6.10 Å². The lowest BCUT2D eigenvalue weighted by atomic mass is 9.87. The van der Waals surface area contributed by atoms with E-state index >= 15 is 0 Å². The van der Waals surface area contributed by atoms with Gasteiger partial charge in [-0.25, -0.2) is 4.98 Å². The van der Waals surface area contributed by atoms with E-state index in [-0.39, 0.29) is 41.5 Å². The van der Waals surface area contributed by atoms with E-state index in [2.05, 4.69) is 21.9 Å². The molecule has 4 atom stereocenters. The number of Topliss-reactive ketones (excluding diaryl/α,β-unsaturated/α-hetero) is 1. The maximum absolute atomic E-state index is 13.0. The fraction of sp³-hybridized carbons (Fsp3) is 0.720. The molecular formula is C25H40N4O4S. The summed E-state index contributed by atoms with van der Waals surface area (Å²) >= 11 is 1.20. The predicted molar refractivity (Wildman–Crippen MR) is 135 cm³/mol. The Hall–Kier alpha value is -1.93. The number of methoxy groups -OCH3 is 1. The molecule has 0 fully saturated rings. The normalized spacial score (nSPS) is 14.6. The quantitative estimate of drug-likeness (QED) is 0.0537. The number of aromatic nitrogens is 1. The number of azide groups is 1. The zero-order chi connectivity index (χ0) is 25.2. The number of ketones is 1. The molecule has 1 heterocycles. The van der Waals surface area contributed by atoms with Crippen LogP contribution in [-0.4, -0.2) is 42.4 Å². The van der Waals surface area contributed by atoms with Gasteiger partial charge in [-0.05, 0) is 67.4 Å². The largest absolute Gasteiger partial charge is 0.359 e. The van der Waals surface area contributed by atoms with Crippen LogP contribution in [-0.2, 0) is 19.1 Å². The second kappa shape index (κ2) is 18.4. The topological polar surface area (TPSA) is 114 Å². The van der Waals surface area contributed by atoms with Crippen molar-refractivity contribution in [2.45, 2.75) is 83.3 Å². The molecule has 0 unspecified atom stereocenters. The van der Waals surface area contributed by atoms with E-state index < -0.39 is 0 Å². The summed E-state index contributed by atoms with van der Waals surface area (Å²) in [6.45, 7) is 6.67. The van der Waals surface area contributed by atoms with Crippen LogP contribution in [0.5, 0.6) is 0 Å². The van der Waals surface area contributed by atoms with Crippen molar-refractivity contribution >= 4 is 22.7 Å². The Balaban J connectivity index is 2.55. The van der Waals surface area contributed by atoms with Crippen LogP contribution in [0.3, 0.4) is 0 Å². The Morgan fingerprint density at radius 1 is 1.18 bits per heavy atom. The van der Waals surface area contributed by atoms with Gasteiger partial charge >= 0.3 is 0 Å². The van der Waals surface area contributed by atoms with Gasteiger partial charge in [0.25, 0.3) is 0 Å². The fourth-order valence-electron chi connectivity index (χ4n) is 3.95. The summed E-state index contributed by atoms with van der Waals surface area (Å²) in [5.74, 6) is 0.251. The van der Waals surface area contributed by atoms with E-state index in [0.29, 0.717) is 13.0 Å². The first kappa shape index (κ1) is 30.1. The number of hydrogen-bond acceptors (Lipinski definition) is 7. The predicted octanol–water partition coefficient (Wildman–Crippen LogP) is 6.60. The molecule has 34 heavy (non-hydrogen) atoms. The van der Waals surface area contributed by atoms with Gasteiger partial charge in [-0.3, -0.25) is 9.59 Å². The summed E-state index contributed by atoms with van der Waals surface area (Å²) in [5, 5.41) is 4.46. The van der Waals surface area contributed by atoms with Gasteiger partial charge < -0.3 is 9.47 Å². The lowest BCUT2D eigenvalue weighted by molar-refractivity contribution is -0.133. The Kier molecular flexibility index (Phi) is 16.3. The molecule has 0 radical (unpaired) electrons. The van der Waals surface area contributed by atoms with Crippen LogP contribution >= 0.6 is 11.8 Å². The van der Waals surface area contributed by atoms with Crippen molar-refractivity contribution < 1.29 is 19.1 Å². The van der Waals surface area contributed by atoms with Crippen molar-refractivity contribution in [1.82, 2.24) is 4.98 Å². The van der Waals surface area contributed by atoms with Crippen LogP contribution in [0.25, 0.3) is 10.4 Å². The molecule has 1 rings (SSSR count). The Labute approximate surface area is 208 Å². The van der Waals surface area contributed by atoms with Crippen molar-refractivity contribution in [3.05, 3.63) is 34.8 Å². The number of ether oxygens (including phenoxy) is 2. The van der Waals surface area contributed by atoms with Crippen LogP contribution in [0.15, 0.2) is 34.5 Å². The highest BCUT2D eigenvalue weighted by molar-refractivity contribution is 8.13. The highest BCUT2D eigenvalue weighted by atomic mass is 32.2. The van der Waals surface area contributed by atoms with Crippen molar-refractivity contribution in [2.24, 2.45) is 22.9 Å². The minimum absolute atomic E-state index is 0.0346. The van der Waals surface area contributed by atoms with Crippen LogP contribution in [0.1, 0.15) is 72.1 Å². The highest BCUT2D eigenvalue weighted by Crippen LogP contribution is 2.27. The number of carbonyl (C=O) groups excluding carboxylic acids is 2. The molecule has 0 saturated heterocycles. The van der Waals surface area contributed by atoms with E-state index in [4.69, 9.17) is 15.0 Å².